The molecule has 0 N–H and O–H groups in total. The molecule has 1 fully saturated rings. The molecule has 2 aromatic carbocycles. The van der Waals surface area contributed by atoms with Crippen molar-refractivity contribution in [2.45, 2.75) is 91.3 Å². The summed E-state index contributed by atoms with van der Waals surface area (Å²) >= 11 is 12.6. The molecule has 1 heterocycles. The van der Waals surface area contributed by atoms with E-state index in [0.717, 1.165) is 11.1 Å². The largest absolute Gasteiger partial charge is 0.486 e. The Kier molecular flexibility index (Phi) is 11.4. The van der Waals surface area contributed by atoms with Crippen molar-refractivity contribution in [3.8, 4) is 5.75 Å². The van der Waals surface area contributed by atoms with Crippen LogP contribution >= 0.6 is 23.2 Å². The van der Waals surface area contributed by atoms with E-state index in [0.29, 0.717) is 27.1 Å². The predicted molar refractivity (Wildman–Crippen MR) is 164 cm³/mol. The molecule has 0 aliphatic carbocycles. The number of rotatable bonds is 5. The zero-order valence-electron chi connectivity index (χ0n) is 25.9. The molecular formula is C32H41Cl2NO8. The van der Waals surface area contributed by atoms with E-state index in [1.54, 1.807) is 60.6 Å². The van der Waals surface area contributed by atoms with Gasteiger partial charge in [0.05, 0.1) is 13.2 Å². The number of ether oxygens (including phenoxy) is 5. The van der Waals surface area contributed by atoms with Gasteiger partial charge in [0.1, 0.15) is 29.2 Å². The highest BCUT2D eigenvalue weighted by molar-refractivity contribution is 6.35. The Labute approximate surface area is 263 Å². The second-order valence-electron chi connectivity index (χ2n) is 12.6. The molecule has 3 rings (SSSR count). The van der Waals surface area contributed by atoms with Gasteiger partial charge >= 0.3 is 18.2 Å². The van der Waals surface area contributed by atoms with Crippen molar-refractivity contribution >= 4 is 41.4 Å². The molecule has 2 amide bonds. The van der Waals surface area contributed by atoms with Gasteiger partial charge in [0.15, 0.2) is 6.04 Å². The number of carbonyl (C=O) groups excluding carboxylic acids is 3. The van der Waals surface area contributed by atoms with Crippen molar-refractivity contribution in [1.29, 1.82) is 0 Å². The van der Waals surface area contributed by atoms with Crippen LogP contribution in [-0.2, 0) is 30.2 Å². The van der Waals surface area contributed by atoms with Gasteiger partial charge in [-0.25, -0.2) is 14.4 Å². The third-order valence-corrected chi connectivity index (χ3v) is 6.98. The van der Waals surface area contributed by atoms with Gasteiger partial charge in [0.2, 0.25) is 0 Å². The van der Waals surface area contributed by atoms with E-state index >= 15 is 0 Å². The number of carbonyl (C=O) groups is 3. The molecule has 4 atom stereocenters. The molecule has 11 heteroatoms. The highest BCUT2D eigenvalue weighted by Gasteiger charge is 2.44. The first-order chi connectivity index (χ1) is 19.9. The first kappa shape index (κ1) is 34.5. The SMILES string of the molecule is Cc1ccc(OC2C(Cc3ccc(Cl)cc3Cl)COCC(N(C(=O)OC(C)(C)C)C(=O)OC(C)(C)C)C(=O)OC2C)cc1. The van der Waals surface area contributed by atoms with Crippen molar-refractivity contribution in [3.05, 3.63) is 63.6 Å². The van der Waals surface area contributed by atoms with E-state index in [9.17, 15) is 14.4 Å². The van der Waals surface area contributed by atoms with Crippen LogP contribution in [-0.4, -0.2) is 65.7 Å². The smallest absolute Gasteiger partial charge is 0.420 e. The van der Waals surface area contributed by atoms with Crippen LogP contribution in [0.25, 0.3) is 0 Å². The highest BCUT2D eigenvalue weighted by atomic mass is 35.5. The van der Waals surface area contributed by atoms with Crippen LogP contribution in [0.4, 0.5) is 9.59 Å². The lowest BCUT2D eigenvalue weighted by Gasteiger charge is -2.33. The van der Waals surface area contributed by atoms with E-state index in [-0.39, 0.29) is 19.1 Å². The zero-order valence-corrected chi connectivity index (χ0v) is 27.5. The number of cyclic esters (lactones) is 1. The van der Waals surface area contributed by atoms with Crippen molar-refractivity contribution in [1.82, 2.24) is 4.90 Å². The van der Waals surface area contributed by atoms with Crippen molar-refractivity contribution in [2.24, 2.45) is 5.92 Å². The van der Waals surface area contributed by atoms with E-state index in [1.165, 1.54) is 0 Å². The van der Waals surface area contributed by atoms with Gasteiger partial charge in [-0.3, -0.25) is 0 Å². The summed E-state index contributed by atoms with van der Waals surface area (Å²) in [6, 6.07) is 11.2. The average Bonchev–Trinajstić information content (AvgIpc) is 2.90. The minimum atomic E-state index is -1.48. The topological polar surface area (TPSA) is 101 Å². The molecule has 1 saturated heterocycles. The molecule has 0 spiro atoms. The number of aryl methyl sites for hydroxylation is 1. The van der Waals surface area contributed by atoms with E-state index < -0.39 is 47.6 Å². The Morgan fingerprint density at radius 2 is 1.51 bits per heavy atom. The normalized spacial score (nSPS) is 21.5. The van der Waals surface area contributed by atoms with Crippen LogP contribution in [0.3, 0.4) is 0 Å². The summed E-state index contributed by atoms with van der Waals surface area (Å²) in [4.78, 5) is 40.9. The summed E-state index contributed by atoms with van der Waals surface area (Å²) in [5.41, 5.74) is -0.0508. The van der Waals surface area contributed by atoms with Crippen molar-refractivity contribution in [2.75, 3.05) is 13.2 Å². The summed E-state index contributed by atoms with van der Waals surface area (Å²) in [7, 11) is 0. The first-order valence-corrected chi connectivity index (χ1v) is 14.9. The van der Waals surface area contributed by atoms with Gasteiger partial charge < -0.3 is 23.7 Å². The Balaban J connectivity index is 1.99. The van der Waals surface area contributed by atoms with Gasteiger partial charge in [-0.2, -0.15) is 4.90 Å². The summed E-state index contributed by atoms with van der Waals surface area (Å²) in [6.07, 6.45) is -3.23. The number of nitrogens with zero attached hydrogens (tertiary/aromatic N) is 1. The third-order valence-electron chi connectivity index (χ3n) is 6.39. The van der Waals surface area contributed by atoms with Crippen LogP contribution in [0, 0.1) is 12.8 Å². The molecule has 1 aliphatic rings. The lowest BCUT2D eigenvalue weighted by atomic mass is 9.91. The quantitative estimate of drug-likeness (QED) is 0.247. The third kappa shape index (κ3) is 10.3. The molecule has 2 aromatic rings. The number of hydrogen-bond acceptors (Lipinski definition) is 8. The fourth-order valence-corrected chi connectivity index (χ4v) is 4.93. The molecule has 1 aliphatic heterocycles. The molecule has 9 nitrogen and oxygen atoms in total. The number of amides is 2. The minimum Gasteiger partial charge on any atom is -0.486 e. The van der Waals surface area contributed by atoms with E-state index in [4.69, 9.17) is 46.9 Å². The molecule has 0 bridgehead atoms. The fraction of sp³-hybridized carbons (Fsp3) is 0.531. The Morgan fingerprint density at radius 1 is 0.930 bits per heavy atom. The average molecular weight is 639 g/mol. The summed E-state index contributed by atoms with van der Waals surface area (Å²) in [5, 5.41) is 0.978. The van der Waals surface area contributed by atoms with Gasteiger partial charge in [-0.15, -0.1) is 0 Å². The Bertz CT molecular complexity index is 1260. The van der Waals surface area contributed by atoms with Crippen molar-refractivity contribution in [3.63, 3.8) is 0 Å². The number of halogens is 2. The molecule has 4 unspecified atom stereocenters. The van der Waals surface area contributed by atoms with E-state index in [1.807, 2.05) is 37.3 Å². The fourth-order valence-electron chi connectivity index (χ4n) is 4.45. The number of esters is 1. The number of benzene rings is 2. The van der Waals surface area contributed by atoms with Crippen LogP contribution < -0.4 is 4.74 Å². The minimum absolute atomic E-state index is 0.0867. The second kappa shape index (κ2) is 14.2. The number of hydrogen-bond donors (Lipinski definition) is 0. The summed E-state index contributed by atoms with van der Waals surface area (Å²) < 4.78 is 29.3. The standard InChI is InChI=1S/C32H41Cl2NO8/c1-19-9-13-24(14-10-19)41-27-20(2)40-28(36)26(18-39-17-22(27)15-21-11-12-23(33)16-25(21)34)35(29(37)42-31(3,4)5)30(38)43-32(6,7)8/h9-14,16,20,22,26-27H,15,17-18H2,1-8H3. The molecule has 0 radical (unpaired) electrons. The van der Waals surface area contributed by atoms with Crippen LogP contribution in [0.1, 0.15) is 59.6 Å². The molecule has 43 heavy (non-hydrogen) atoms. The van der Waals surface area contributed by atoms with Crippen molar-refractivity contribution < 1.29 is 38.1 Å². The Morgan fingerprint density at radius 3 is 2.05 bits per heavy atom. The molecular weight excluding hydrogens is 597 g/mol. The molecule has 0 saturated carbocycles. The van der Waals surface area contributed by atoms with Gasteiger partial charge in [0, 0.05) is 16.0 Å². The zero-order chi connectivity index (χ0) is 32.1. The maximum atomic E-state index is 13.7. The summed E-state index contributed by atoms with van der Waals surface area (Å²) in [5.74, 6) is -0.657. The van der Waals surface area contributed by atoms with Crippen LogP contribution in [0.2, 0.25) is 10.0 Å². The van der Waals surface area contributed by atoms with Crippen LogP contribution in [0.5, 0.6) is 5.75 Å². The lowest BCUT2D eigenvalue weighted by Crippen LogP contribution is -2.54. The van der Waals surface area contributed by atoms with Gasteiger partial charge in [-0.1, -0.05) is 47.0 Å². The Hall–Kier alpha value is -3.01. The van der Waals surface area contributed by atoms with Gasteiger partial charge in [-0.05, 0) is 91.6 Å². The monoisotopic (exact) mass is 637 g/mol. The molecule has 0 aromatic heterocycles. The lowest BCUT2D eigenvalue weighted by molar-refractivity contribution is -0.159. The second-order valence-corrected chi connectivity index (χ2v) is 13.5. The first-order valence-electron chi connectivity index (χ1n) is 14.1. The van der Waals surface area contributed by atoms with E-state index in [2.05, 4.69) is 0 Å². The summed E-state index contributed by atoms with van der Waals surface area (Å²) in [6.45, 7) is 13.3. The molecule has 236 valence electrons. The van der Waals surface area contributed by atoms with Crippen LogP contribution in [0.15, 0.2) is 42.5 Å². The predicted octanol–water partition coefficient (Wildman–Crippen LogP) is 7.41. The van der Waals surface area contributed by atoms with Gasteiger partial charge in [0.25, 0.3) is 0 Å². The highest BCUT2D eigenvalue weighted by Crippen LogP contribution is 2.30. The maximum Gasteiger partial charge on any atom is 0.420 e. The maximum absolute atomic E-state index is 13.7. The number of imide groups is 1.